The number of likely N-dealkylation sites (N-methyl/N-ethyl adjacent to an activating group) is 1. The fourth-order valence-corrected chi connectivity index (χ4v) is 1.39. The minimum atomic E-state index is -1.21. The lowest BCUT2D eigenvalue weighted by atomic mass is 10.2. The minimum absolute atomic E-state index is 0.0561. The molecule has 1 rings (SSSR count). The van der Waals surface area contributed by atoms with Gasteiger partial charge in [0.1, 0.15) is 0 Å². The lowest BCUT2D eigenvalue weighted by Crippen LogP contribution is -2.24. The first-order valence-electron chi connectivity index (χ1n) is 5.29. The molecular weight excluding hydrogens is 252 g/mol. The number of carboxylic acid groups (broad SMARTS) is 1. The molecule has 19 heavy (non-hydrogen) atoms. The highest BCUT2D eigenvalue weighted by atomic mass is 16.6. The number of nitro groups is 1. The molecule has 0 fully saturated rings. The maximum atomic E-state index is 11.5. The number of non-ortho nitro benzene ring substituents is 1. The van der Waals surface area contributed by atoms with Crippen molar-refractivity contribution in [2.45, 2.75) is 6.54 Å². The van der Waals surface area contributed by atoms with Gasteiger partial charge in [0, 0.05) is 37.9 Å². The van der Waals surface area contributed by atoms with Gasteiger partial charge in [-0.05, 0) is 5.56 Å². The summed E-state index contributed by atoms with van der Waals surface area (Å²) in [6, 6.07) is 5.90. The summed E-state index contributed by atoms with van der Waals surface area (Å²) < 4.78 is 0. The van der Waals surface area contributed by atoms with Crippen LogP contribution < -0.4 is 0 Å². The number of nitrogens with zero attached hydrogens (tertiary/aromatic N) is 2. The molecule has 0 unspecified atom stereocenters. The lowest BCUT2D eigenvalue weighted by Gasteiger charge is -2.14. The van der Waals surface area contributed by atoms with Crippen LogP contribution in [-0.4, -0.2) is 33.9 Å². The van der Waals surface area contributed by atoms with Gasteiger partial charge in [0.15, 0.2) is 0 Å². The van der Waals surface area contributed by atoms with E-state index in [0.29, 0.717) is 5.56 Å². The first-order chi connectivity index (χ1) is 8.90. The second-order valence-corrected chi connectivity index (χ2v) is 3.79. The van der Waals surface area contributed by atoms with Gasteiger partial charge in [-0.25, -0.2) is 4.79 Å². The Balaban J connectivity index is 2.74. The average molecular weight is 264 g/mol. The second-order valence-electron chi connectivity index (χ2n) is 3.79. The number of aliphatic carboxylic acids is 1. The van der Waals surface area contributed by atoms with Crippen molar-refractivity contribution in [1.82, 2.24) is 4.90 Å². The van der Waals surface area contributed by atoms with Crippen molar-refractivity contribution in [2.75, 3.05) is 7.05 Å². The van der Waals surface area contributed by atoms with Crippen molar-refractivity contribution in [3.05, 3.63) is 52.1 Å². The quantitative estimate of drug-likeness (QED) is 0.489. The maximum absolute atomic E-state index is 11.5. The van der Waals surface area contributed by atoms with Gasteiger partial charge >= 0.3 is 5.97 Å². The van der Waals surface area contributed by atoms with Crippen LogP contribution in [0.15, 0.2) is 36.4 Å². The molecule has 1 aromatic carbocycles. The Kier molecular flexibility index (Phi) is 4.76. The first kappa shape index (κ1) is 14.4. The van der Waals surface area contributed by atoms with Crippen molar-refractivity contribution in [3.8, 4) is 0 Å². The Hall–Kier alpha value is -2.70. The topological polar surface area (TPSA) is 101 Å². The van der Waals surface area contributed by atoms with Crippen LogP contribution in [0.4, 0.5) is 5.69 Å². The van der Waals surface area contributed by atoms with E-state index in [-0.39, 0.29) is 12.2 Å². The molecule has 0 radical (unpaired) electrons. The molecule has 0 atom stereocenters. The maximum Gasteiger partial charge on any atom is 0.328 e. The molecule has 0 saturated carbocycles. The van der Waals surface area contributed by atoms with Crippen molar-refractivity contribution < 1.29 is 19.6 Å². The molecule has 0 aromatic heterocycles. The molecule has 1 aromatic rings. The standard InChI is InChI=1S/C12H12N2O5/c1-13(11(15)5-6-12(16)17)8-9-3-2-4-10(7-9)14(18)19/h2-7H,8H2,1H3,(H,16,17)/b6-5+. The number of amides is 1. The summed E-state index contributed by atoms with van der Waals surface area (Å²) in [4.78, 5) is 33.1. The Morgan fingerprint density at radius 2 is 2.11 bits per heavy atom. The Bertz CT molecular complexity index is 539. The van der Waals surface area contributed by atoms with E-state index in [1.807, 2.05) is 0 Å². The Morgan fingerprint density at radius 3 is 2.68 bits per heavy atom. The number of hydrogen-bond acceptors (Lipinski definition) is 4. The van der Waals surface area contributed by atoms with Crippen LogP contribution in [0.2, 0.25) is 0 Å². The summed E-state index contributed by atoms with van der Waals surface area (Å²) in [5, 5.41) is 19.0. The summed E-state index contributed by atoms with van der Waals surface area (Å²) in [6.45, 7) is 0.157. The Labute approximate surface area is 108 Å². The molecule has 7 heteroatoms. The molecule has 0 aliphatic carbocycles. The van der Waals surface area contributed by atoms with E-state index in [1.54, 1.807) is 6.07 Å². The van der Waals surface area contributed by atoms with Gasteiger partial charge in [0.25, 0.3) is 5.69 Å². The van der Waals surface area contributed by atoms with Gasteiger partial charge in [0.05, 0.1) is 4.92 Å². The van der Waals surface area contributed by atoms with Gasteiger partial charge < -0.3 is 10.0 Å². The lowest BCUT2D eigenvalue weighted by molar-refractivity contribution is -0.384. The van der Waals surface area contributed by atoms with Gasteiger partial charge in [-0.3, -0.25) is 14.9 Å². The van der Waals surface area contributed by atoms with Crippen molar-refractivity contribution >= 4 is 17.6 Å². The van der Waals surface area contributed by atoms with Crippen LogP contribution in [0, 0.1) is 10.1 Å². The number of nitro benzene ring substituents is 1. The smallest absolute Gasteiger partial charge is 0.328 e. The third-order valence-electron chi connectivity index (χ3n) is 2.29. The number of rotatable bonds is 5. The van der Waals surface area contributed by atoms with E-state index in [0.717, 1.165) is 12.2 Å². The van der Waals surface area contributed by atoms with E-state index < -0.39 is 16.8 Å². The van der Waals surface area contributed by atoms with E-state index in [1.165, 1.54) is 30.1 Å². The fraction of sp³-hybridized carbons (Fsp3) is 0.167. The molecule has 0 spiro atoms. The SMILES string of the molecule is CN(Cc1cccc([N+](=O)[O-])c1)C(=O)/C=C/C(=O)O. The van der Waals surface area contributed by atoms with E-state index in [2.05, 4.69) is 0 Å². The van der Waals surface area contributed by atoms with Crippen molar-refractivity contribution in [2.24, 2.45) is 0 Å². The molecule has 0 bridgehead atoms. The number of carbonyl (C=O) groups excluding carboxylic acids is 1. The largest absolute Gasteiger partial charge is 0.478 e. The molecule has 0 aliphatic rings. The van der Waals surface area contributed by atoms with Crippen molar-refractivity contribution in [1.29, 1.82) is 0 Å². The zero-order chi connectivity index (χ0) is 14.4. The van der Waals surface area contributed by atoms with Crippen molar-refractivity contribution in [3.63, 3.8) is 0 Å². The zero-order valence-corrected chi connectivity index (χ0v) is 10.1. The highest BCUT2D eigenvalue weighted by Gasteiger charge is 2.10. The number of carbonyl (C=O) groups is 2. The van der Waals surface area contributed by atoms with Crippen LogP contribution >= 0.6 is 0 Å². The first-order valence-corrected chi connectivity index (χ1v) is 5.29. The summed E-state index contributed by atoms with van der Waals surface area (Å²) in [5.74, 6) is -1.70. The van der Waals surface area contributed by atoms with Gasteiger partial charge in [-0.15, -0.1) is 0 Å². The number of benzene rings is 1. The van der Waals surface area contributed by atoms with Crippen LogP contribution in [0.3, 0.4) is 0 Å². The molecule has 0 aliphatic heterocycles. The van der Waals surface area contributed by atoms with Crippen LogP contribution in [0.25, 0.3) is 0 Å². The predicted molar refractivity (Wildman–Crippen MR) is 66.3 cm³/mol. The van der Waals surface area contributed by atoms with Gasteiger partial charge in [0.2, 0.25) is 5.91 Å². The summed E-state index contributed by atoms with van der Waals surface area (Å²) >= 11 is 0. The summed E-state index contributed by atoms with van der Waals surface area (Å²) in [5.41, 5.74) is 0.535. The summed E-state index contributed by atoms with van der Waals surface area (Å²) in [7, 11) is 1.48. The molecule has 0 saturated heterocycles. The number of carboxylic acids is 1. The third kappa shape index (κ3) is 4.58. The van der Waals surface area contributed by atoms with E-state index in [4.69, 9.17) is 5.11 Å². The van der Waals surface area contributed by atoms with E-state index in [9.17, 15) is 19.7 Å². The average Bonchev–Trinajstić information content (AvgIpc) is 2.36. The molecule has 0 heterocycles. The van der Waals surface area contributed by atoms with Crippen LogP contribution in [-0.2, 0) is 16.1 Å². The molecule has 1 amide bonds. The molecular formula is C12H12N2O5. The van der Waals surface area contributed by atoms with Gasteiger partial charge in [-0.2, -0.15) is 0 Å². The predicted octanol–water partition coefficient (Wildman–Crippen LogP) is 1.19. The molecule has 7 nitrogen and oxygen atoms in total. The number of hydrogen-bond donors (Lipinski definition) is 1. The van der Waals surface area contributed by atoms with E-state index >= 15 is 0 Å². The second kappa shape index (κ2) is 6.29. The highest BCUT2D eigenvalue weighted by Crippen LogP contribution is 2.14. The minimum Gasteiger partial charge on any atom is -0.478 e. The van der Waals surface area contributed by atoms with Crippen LogP contribution in [0.5, 0.6) is 0 Å². The molecule has 100 valence electrons. The summed E-state index contributed by atoms with van der Waals surface area (Å²) in [6.07, 6.45) is 1.67. The molecule has 1 N–H and O–H groups in total. The monoisotopic (exact) mass is 264 g/mol. The Morgan fingerprint density at radius 1 is 1.42 bits per heavy atom. The van der Waals surface area contributed by atoms with Crippen LogP contribution in [0.1, 0.15) is 5.56 Å². The normalized spacial score (nSPS) is 10.4. The third-order valence-corrected chi connectivity index (χ3v) is 2.29. The van der Waals surface area contributed by atoms with Gasteiger partial charge in [-0.1, -0.05) is 12.1 Å². The zero-order valence-electron chi connectivity index (χ0n) is 10.1. The highest BCUT2D eigenvalue weighted by molar-refractivity contribution is 5.93. The fourth-order valence-electron chi connectivity index (χ4n) is 1.39.